The van der Waals surface area contributed by atoms with Gasteiger partial charge >= 0.3 is 0 Å². The second-order valence-electron chi connectivity index (χ2n) is 1.91. The van der Waals surface area contributed by atoms with E-state index in [0.717, 1.165) is 18.2 Å². The van der Waals surface area contributed by atoms with Crippen molar-refractivity contribution >= 4 is 37.8 Å². The predicted molar refractivity (Wildman–Crippen MR) is 49.8 cm³/mol. The van der Waals surface area contributed by atoms with Crippen molar-refractivity contribution in [3.8, 4) is 0 Å². The molecule has 60 valence electrons. The Labute approximate surface area is 78.0 Å². The summed E-state index contributed by atoms with van der Waals surface area (Å²) in [5.74, 6) is 0.0564. The molecule has 0 saturated carbocycles. The Hall–Kier alpha value is 0.430. The molecule has 0 spiro atoms. The van der Waals surface area contributed by atoms with E-state index in [-0.39, 0.29) is 10.7 Å². The number of carbonyl (C=O) groups is 1. The number of alkyl halides is 2. The summed E-state index contributed by atoms with van der Waals surface area (Å²) in [6, 6.07) is 0. The van der Waals surface area contributed by atoms with Crippen LogP contribution in [0, 0.1) is 0 Å². The monoisotopic (exact) mass is 271 g/mol. The molecule has 1 atom stereocenters. The van der Waals surface area contributed by atoms with Gasteiger partial charge in [0, 0.05) is 12.4 Å². The lowest BCUT2D eigenvalue weighted by Crippen LogP contribution is -2.27. The zero-order valence-electron chi connectivity index (χ0n) is 5.86. The van der Waals surface area contributed by atoms with Crippen LogP contribution < -0.4 is 5.32 Å². The van der Waals surface area contributed by atoms with Gasteiger partial charge in [-0.05, 0) is 12.8 Å². The molecule has 0 heterocycles. The van der Waals surface area contributed by atoms with Crippen molar-refractivity contribution in [2.24, 2.45) is 0 Å². The summed E-state index contributed by atoms with van der Waals surface area (Å²) < 4.78 is 0. The zero-order chi connectivity index (χ0) is 7.98. The second kappa shape index (κ2) is 6.16. The molecule has 1 amide bonds. The van der Waals surface area contributed by atoms with Gasteiger partial charge < -0.3 is 5.32 Å². The van der Waals surface area contributed by atoms with Crippen molar-refractivity contribution in [2.45, 2.75) is 17.7 Å². The Morgan fingerprint density at radius 2 is 2.30 bits per heavy atom. The van der Waals surface area contributed by atoms with Gasteiger partial charge in [-0.15, -0.1) is 0 Å². The summed E-state index contributed by atoms with van der Waals surface area (Å²) in [6.45, 7) is 0. The molecule has 0 aliphatic carbocycles. The Morgan fingerprint density at radius 1 is 1.70 bits per heavy atom. The van der Waals surface area contributed by atoms with Crippen LogP contribution in [0.5, 0.6) is 0 Å². The summed E-state index contributed by atoms with van der Waals surface area (Å²) >= 11 is 6.57. The van der Waals surface area contributed by atoms with E-state index in [2.05, 4.69) is 37.2 Å². The highest BCUT2D eigenvalue weighted by Crippen LogP contribution is 2.08. The highest BCUT2D eigenvalue weighted by atomic mass is 79.9. The van der Waals surface area contributed by atoms with E-state index in [1.165, 1.54) is 0 Å². The Balaban J connectivity index is 3.41. The minimum absolute atomic E-state index is 0.0324. The van der Waals surface area contributed by atoms with Crippen LogP contribution in [0.25, 0.3) is 0 Å². The zero-order valence-corrected chi connectivity index (χ0v) is 9.03. The fraction of sp³-hybridized carbons (Fsp3) is 0.833. The van der Waals surface area contributed by atoms with Crippen molar-refractivity contribution in [3.63, 3.8) is 0 Å². The molecule has 2 nitrogen and oxygen atoms in total. The molecule has 0 fully saturated rings. The first-order valence-corrected chi connectivity index (χ1v) is 5.17. The molecule has 0 aromatic heterocycles. The van der Waals surface area contributed by atoms with Crippen molar-refractivity contribution in [1.82, 2.24) is 5.32 Å². The molecular weight excluding hydrogens is 262 g/mol. The fourth-order valence-electron chi connectivity index (χ4n) is 0.544. The van der Waals surface area contributed by atoms with Crippen LogP contribution in [0.15, 0.2) is 0 Å². The molecule has 1 unspecified atom stereocenters. The van der Waals surface area contributed by atoms with Gasteiger partial charge in [-0.25, -0.2) is 0 Å². The van der Waals surface area contributed by atoms with E-state index < -0.39 is 0 Å². The van der Waals surface area contributed by atoms with Gasteiger partial charge in [-0.2, -0.15) is 0 Å². The average Bonchev–Trinajstić information content (AvgIpc) is 1.98. The molecule has 1 N–H and O–H groups in total. The van der Waals surface area contributed by atoms with Gasteiger partial charge in [0.2, 0.25) is 5.91 Å². The molecule has 0 rings (SSSR count). The topological polar surface area (TPSA) is 29.1 Å². The molecule has 4 heteroatoms. The number of amides is 1. The van der Waals surface area contributed by atoms with Gasteiger partial charge in [0.05, 0.1) is 4.83 Å². The number of carbonyl (C=O) groups excluding carboxylic acids is 1. The van der Waals surface area contributed by atoms with Crippen LogP contribution in [-0.4, -0.2) is 23.1 Å². The smallest absolute Gasteiger partial charge is 0.233 e. The van der Waals surface area contributed by atoms with Crippen LogP contribution >= 0.6 is 31.9 Å². The molecule has 0 aromatic carbocycles. The summed E-state index contributed by atoms with van der Waals surface area (Å²) in [6.07, 6.45) is 1.90. The molecular formula is C6H11Br2NO. The lowest BCUT2D eigenvalue weighted by Gasteiger charge is -2.05. The first-order valence-electron chi connectivity index (χ1n) is 3.14. The summed E-state index contributed by atoms with van der Waals surface area (Å²) in [7, 11) is 1.64. The first-order chi connectivity index (χ1) is 4.72. The maximum absolute atomic E-state index is 10.8. The largest absolute Gasteiger partial charge is 0.358 e. The maximum Gasteiger partial charge on any atom is 0.233 e. The van der Waals surface area contributed by atoms with Gasteiger partial charge in [0.15, 0.2) is 0 Å². The third-order valence-corrected chi connectivity index (χ3v) is 2.56. The Morgan fingerprint density at radius 3 is 2.70 bits per heavy atom. The molecule has 0 radical (unpaired) electrons. The SMILES string of the molecule is CNC(=O)C(Br)CCCBr. The van der Waals surface area contributed by atoms with Gasteiger partial charge in [0.25, 0.3) is 0 Å². The van der Waals surface area contributed by atoms with Crippen LogP contribution in [0.4, 0.5) is 0 Å². The lowest BCUT2D eigenvalue weighted by atomic mass is 10.2. The third-order valence-electron chi connectivity index (χ3n) is 1.12. The number of halogens is 2. The lowest BCUT2D eigenvalue weighted by molar-refractivity contribution is -0.120. The first kappa shape index (κ1) is 10.4. The highest BCUT2D eigenvalue weighted by molar-refractivity contribution is 9.10. The number of rotatable bonds is 4. The minimum atomic E-state index is -0.0324. The van der Waals surface area contributed by atoms with E-state index in [1.807, 2.05) is 0 Å². The van der Waals surface area contributed by atoms with Crippen molar-refractivity contribution in [1.29, 1.82) is 0 Å². The van der Waals surface area contributed by atoms with E-state index >= 15 is 0 Å². The van der Waals surface area contributed by atoms with Crippen LogP contribution in [0.3, 0.4) is 0 Å². The van der Waals surface area contributed by atoms with Gasteiger partial charge in [-0.3, -0.25) is 4.79 Å². The van der Waals surface area contributed by atoms with Gasteiger partial charge in [0.1, 0.15) is 0 Å². The van der Waals surface area contributed by atoms with Crippen LogP contribution in [0.2, 0.25) is 0 Å². The van der Waals surface area contributed by atoms with E-state index in [1.54, 1.807) is 7.05 Å². The van der Waals surface area contributed by atoms with Crippen molar-refractivity contribution < 1.29 is 4.79 Å². The maximum atomic E-state index is 10.8. The molecule has 0 aliphatic heterocycles. The van der Waals surface area contributed by atoms with E-state index in [9.17, 15) is 4.79 Å². The normalized spacial score (nSPS) is 12.7. The van der Waals surface area contributed by atoms with Crippen molar-refractivity contribution in [2.75, 3.05) is 12.4 Å². The predicted octanol–water partition coefficient (Wildman–Crippen LogP) is 1.67. The fourth-order valence-corrected chi connectivity index (χ4v) is 1.42. The number of hydrogen-bond donors (Lipinski definition) is 1. The van der Waals surface area contributed by atoms with E-state index in [4.69, 9.17) is 0 Å². The second-order valence-corrected chi connectivity index (χ2v) is 3.81. The molecule has 0 saturated heterocycles. The van der Waals surface area contributed by atoms with Crippen LogP contribution in [-0.2, 0) is 4.79 Å². The summed E-state index contributed by atoms with van der Waals surface area (Å²) in [4.78, 5) is 10.8. The third kappa shape index (κ3) is 4.28. The Bertz CT molecular complexity index is 108. The molecule has 0 aromatic rings. The summed E-state index contributed by atoms with van der Waals surface area (Å²) in [5, 5.41) is 3.52. The van der Waals surface area contributed by atoms with Crippen molar-refractivity contribution in [3.05, 3.63) is 0 Å². The van der Waals surface area contributed by atoms with Crippen LogP contribution in [0.1, 0.15) is 12.8 Å². The average molecular weight is 273 g/mol. The Kier molecular flexibility index (Phi) is 6.43. The number of hydrogen-bond acceptors (Lipinski definition) is 1. The quantitative estimate of drug-likeness (QED) is 0.775. The molecule has 0 aliphatic rings. The number of nitrogens with one attached hydrogen (secondary N) is 1. The minimum Gasteiger partial charge on any atom is -0.358 e. The standard InChI is InChI=1S/C6H11Br2NO/c1-9-6(10)5(8)3-2-4-7/h5H,2-4H2,1H3,(H,9,10). The van der Waals surface area contributed by atoms with E-state index in [0.29, 0.717) is 0 Å². The van der Waals surface area contributed by atoms with Gasteiger partial charge in [-0.1, -0.05) is 31.9 Å². The summed E-state index contributed by atoms with van der Waals surface area (Å²) in [5.41, 5.74) is 0. The highest BCUT2D eigenvalue weighted by Gasteiger charge is 2.10. The molecule has 0 bridgehead atoms. The molecule has 10 heavy (non-hydrogen) atoms.